The van der Waals surface area contributed by atoms with Crippen molar-refractivity contribution in [2.24, 2.45) is 0 Å². The second-order valence-corrected chi connectivity index (χ2v) is 8.14. The molecule has 0 atom stereocenters. The number of carbonyl (C=O) groups is 3. The Morgan fingerprint density at radius 3 is 2.11 bits per heavy atom. The van der Waals surface area contributed by atoms with E-state index in [0.29, 0.717) is 11.3 Å². The molecule has 2 aromatic carbocycles. The average molecular weight is 402 g/mol. The zero-order valence-corrected chi connectivity index (χ0v) is 16.7. The Morgan fingerprint density at radius 1 is 0.893 bits per heavy atom. The minimum Gasteiger partial charge on any atom is -0.326 e. The van der Waals surface area contributed by atoms with E-state index in [0.717, 1.165) is 18.1 Å². The number of aryl methyl sites for hydroxylation is 2. The van der Waals surface area contributed by atoms with E-state index in [9.17, 15) is 22.8 Å². The summed E-state index contributed by atoms with van der Waals surface area (Å²) in [6.45, 7) is 4.99. The van der Waals surface area contributed by atoms with E-state index in [1.165, 1.54) is 24.3 Å². The quantitative estimate of drug-likeness (QED) is 0.692. The zero-order chi connectivity index (χ0) is 20.9. The molecule has 2 N–H and O–H groups in total. The van der Waals surface area contributed by atoms with Gasteiger partial charge in [-0.1, -0.05) is 12.1 Å². The van der Waals surface area contributed by atoms with Gasteiger partial charge in [-0.2, -0.15) is 0 Å². The van der Waals surface area contributed by atoms with Crippen molar-refractivity contribution in [2.75, 3.05) is 5.32 Å². The maximum Gasteiger partial charge on any atom is 0.264 e. The molecule has 0 fully saturated rings. The lowest BCUT2D eigenvalue weighted by Crippen LogP contribution is -2.28. The van der Waals surface area contributed by atoms with E-state index in [2.05, 4.69) is 5.32 Å². The van der Waals surface area contributed by atoms with Crippen LogP contribution in [0, 0.1) is 13.8 Å². The minimum absolute atomic E-state index is 0.0116. The van der Waals surface area contributed by atoms with Crippen molar-refractivity contribution < 1.29 is 22.8 Å². The number of anilines is 1. The predicted molar refractivity (Wildman–Crippen MR) is 106 cm³/mol. The van der Waals surface area contributed by atoms with Gasteiger partial charge in [0.15, 0.2) is 5.78 Å². The lowest BCUT2D eigenvalue weighted by atomic mass is 10.0. The molecule has 148 valence electrons. The first-order chi connectivity index (χ1) is 13.1. The number of amides is 2. The second-order valence-electron chi connectivity index (χ2n) is 6.46. The van der Waals surface area contributed by atoms with Crippen molar-refractivity contribution in [3.05, 3.63) is 59.2 Å². The van der Waals surface area contributed by atoms with Crippen LogP contribution in [0.1, 0.15) is 41.3 Å². The van der Waals surface area contributed by atoms with Crippen LogP contribution in [-0.4, -0.2) is 26.0 Å². The molecule has 0 aliphatic carbocycles. The molecule has 2 aromatic rings. The van der Waals surface area contributed by atoms with Crippen LogP contribution in [0.4, 0.5) is 5.69 Å². The third-order valence-electron chi connectivity index (χ3n) is 4.13. The monoisotopic (exact) mass is 402 g/mol. The van der Waals surface area contributed by atoms with Crippen molar-refractivity contribution in [3.8, 4) is 0 Å². The molecule has 2 amide bonds. The summed E-state index contributed by atoms with van der Waals surface area (Å²) in [5, 5.41) is 2.62. The summed E-state index contributed by atoms with van der Waals surface area (Å²) in [5.41, 5.74) is 3.08. The standard InChI is InChI=1S/C20H22N2O5S/c1-13-4-5-16(12-14(13)2)19(24)10-11-20(25)21-17-6-8-18(9-7-17)28(26,27)22-15(3)23/h4-9,12H,10-11H2,1-3H3,(H,21,25)(H,22,23). The van der Waals surface area contributed by atoms with Crippen molar-refractivity contribution in [3.63, 3.8) is 0 Å². The lowest BCUT2D eigenvalue weighted by molar-refractivity contribution is -0.117. The Morgan fingerprint density at radius 2 is 1.54 bits per heavy atom. The number of Topliss-reactive ketones (excluding diaryl/α,β-unsaturated/α-hetero) is 1. The fourth-order valence-electron chi connectivity index (χ4n) is 2.48. The molecular formula is C20H22N2O5S. The molecule has 0 radical (unpaired) electrons. The van der Waals surface area contributed by atoms with Gasteiger partial charge in [-0.3, -0.25) is 14.4 Å². The first-order valence-corrected chi connectivity index (χ1v) is 10.1. The number of ketones is 1. The van der Waals surface area contributed by atoms with Crippen LogP contribution in [0.15, 0.2) is 47.4 Å². The first-order valence-electron chi connectivity index (χ1n) is 8.62. The largest absolute Gasteiger partial charge is 0.326 e. The summed E-state index contributed by atoms with van der Waals surface area (Å²) in [6, 6.07) is 10.8. The minimum atomic E-state index is -3.92. The van der Waals surface area contributed by atoms with Crippen molar-refractivity contribution in [1.82, 2.24) is 4.72 Å². The van der Waals surface area contributed by atoms with E-state index in [-0.39, 0.29) is 29.4 Å². The van der Waals surface area contributed by atoms with E-state index in [4.69, 9.17) is 0 Å². The highest BCUT2D eigenvalue weighted by molar-refractivity contribution is 7.90. The summed E-state index contributed by atoms with van der Waals surface area (Å²) < 4.78 is 25.6. The van der Waals surface area contributed by atoms with Crippen LogP contribution in [0.25, 0.3) is 0 Å². The van der Waals surface area contributed by atoms with Gasteiger partial charge >= 0.3 is 0 Å². The summed E-state index contributed by atoms with van der Waals surface area (Å²) in [5.74, 6) is -1.16. The predicted octanol–water partition coefficient (Wildman–Crippen LogP) is 2.73. The Hall–Kier alpha value is -3.00. The van der Waals surface area contributed by atoms with Gasteiger partial charge < -0.3 is 5.32 Å². The highest BCUT2D eigenvalue weighted by Gasteiger charge is 2.15. The van der Waals surface area contributed by atoms with Crippen LogP contribution in [0.2, 0.25) is 0 Å². The maximum absolute atomic E-state index is 12.2. The van der Waals surface area contributed by atoms with E-state index < -0.39 is 15.9 Å². The maximum atomic E-state index is 12.2. The fraction of sp³-hybridized carbons (Fsp3) is 0.250. The molecule has 0 aliphatic heterocycles. The molecule has 0 saturated heterocycles. The molecule has 7 nitrogen and oxygen atoms in total. The molecule has 0 aliphatic rings. The van der Waals surface area contributed by atoms with Crippen LogP contribution >= 0.6 is 0 Å². The number of carbonyl (C=O) groups excluding carboxylic acids is 3. The number of rotatable bonds is 7. The molecular weight excluding hydrogens is 380 g/mol. The molecule has 0 heterocycles. The number of nitrogens with one attached hydrogen (secondary N) is 2. The molecule has 8 heteroatoms. The van der Waals surface area contributed by atoms with Crippen molar-refractivity contribution >= 4 is 33.3 Å². The average Bonchev–Trinajstić information content (AvgIpc) is 2.61. The second kappa shape index (κ2) is 8.79. The van der Waals surface area contributed by atoms with Gasteiger partial charge in [0.2, 0.25) is 11.8 Å². The third-order valence-corrected chi connectivity index (χ3v) is 5.58. The van der Waals surface area contributed by atoms with Crippen LogP contribution in [-0.2, 0) is 19.6 Å². The molecule has 0 unspecified atom stereocenters. The highest BCUT2D eigenvalue weighted by Crippen LogP contribution is 2.16. The SMILES string of the molecule is CC(=O)NS(=O)(=O)c1ccc(NC(=O)CCC(=O)c2ccc(C)c(C)c2)cc1. The number of benzene rings is 2. The van der Waals surface area contributed by atoms with Gasteiger partial charge in [0.1, 0.15) is 0 Å². The summed E-state index contributed by atoms with van der Waals surface area (Å²) in [4.78, 5) is 35.1. The smallest absolute Gasteiger partial charge is 0.264 e. The zero-order valence-electron chi connectivity index (χ0n) is 15.9. The first kappa shape index (κ1) is 21.3. The Bertz CT molecular complexity index is 1010. The van der Waals surface area contributed by atoms with Crippen LogP contribution < -0.4 is 10.0 Å². The van der Waals surface area contributed by atoms with E-state index in [1.54, 1.807) is 6.07 Å². The summed E-state index contributed by atoms with van der Waals surface area (Å²) in [7, 11) is -3.92. The molecule has 0 bridgehead atoms. The number of sulfonamides is 1. The fourth-order valence-corrected chi connectivity index (χ4v) is 3.47. The van der Waals surface area contributed by atoms with Gasteiger partial charge in [-0.15, -0.1) is 0 Å². The van der Waals surface area contributed by atoms with Gasteiger partial charge in [0, 0.05) is 31.0 Å². The van der Waals surface area contributed by atoms with Gasteiger partial charge in [-0.05, 0) is 55.3 Å². The van der Waals surface area contributed by atoms with Crippen LogP contribution in [0.3, 0.4) is 0 Å². The summed E-state index contributed by atoms with van der Waals surface area (Å²) >= 11 is 0. The third kappa shape index (κ3) is 5.75. The lowest BCUT2D eigenvalue weighted by Gasteiger charge is -2.08. The van der Waals surface area contributed by atoms with Crippen LogP contribution in [0.5, 0.6) is 0 Å². The number of hydrogen-bond acceptors (Lipinski definition) is 5. The Labute approximate surface area is 164 Å². The van der Waals surface area contributed by atoms with Crippen molar-refractivity contribution in [2.45, 2.75) is 38.5 Å². The van der Waals surface area contributed by atoms with Crippen molar-refractivity contribution in [1.29, 1.82) is 0 Å². The molecule has 0 saturated carbocycles. The Kier molecular flexibility index (Phi) is 6.69. The molecule has 28 heavy (non-hydrogen) atoms. The molecule has 0 aromatic heterocycles. The molecule has 2 rings (SSSR count). The topological polar surface area (TPSA) is 109 Å². The summed E-state index contributed by atoms with van der Waals surface area (Å²) in [6.07, 6.45) is 0.0844. The Balaban J connectivity index is 1.93. The van der Waals surface area contributed by atoms with E-state index in [1.807, 2.05) is 30.7 Å². The van der Waals surface area contributed by atoms with Gasteiger partial charge in [-0.25, -0.2) is 13.1 Å². The molecule has 0 spiro atoms. The van der Waals surface area contributed by atoms with Gasteiger partial charge in [0.05, 0.1) is 4.90 Å². The van der Waals surface area contributed by atoms with E-state index >= 15 is 0 Å². The normalized spacial score (nSPS) is 11.0. The highest BCUT2D eigenvalue weighted by atomic mass is 32.2. The van der Waals surface area contributed by atoms with Gasteiger partial charge in [0.25, 0.3) is 10.0 Å². The number of hydrogen-bond donors (Lipinski definition) is 2.